The van der Waals surface area contributed by atoms with Crippen molar-refractivity contribution in [1.29, 1.82) is 0 Å². The van der Waals surface area contributed by atoms with E-state index in [9.17, 15) is 9.18 Å². The van der Waals surface area contributed by atoms with Gasteiger partial charge >= 0.3 is 0 Å². The molecule has 1 aromatic carbocycles. The minimum atomic E-state index is -0.472. The van der Waals surface area contributed by atoms with Gasteiger partial charge in [-0.25, -0.2) is 4.39 Å². The van der Waals surface area contributed by atoms with E-state index in [-0.39, 0.29) is 24.3 Å². The quantitative estimate of drug-likeness (QED) is 0.820. The van der Waals surface area contributed by atoms with E-state index in [0.717, 1.165) is 13.1 Å². The average molecular weight is 364 g/mol. The van der Waals surface area contributed by atoms with Gasteiger partial charge in [-0.2, -0.15) is 11.3 Å². The predicted molar refractivity (Wildman–Crippen MR) is 94.4 cm³/mol. The second-order valence-electron chi connectivity index (χ2n) is 5.74. The number of carbonyl (C=O) groups excluding carboxylic acids is 1. The Bertz CT molecular complexity index is 675. The summed E-state index contributed by atoms with van der Waals surface area (Å²) in [5.41, 5.74) is 1.18. The van der Waals surface area contributed by atoms with Crippen molar-refractivity contribution in [2.45, 2.75) is 6.04 Å². The smallest absolute Gasteiger partial charge is 0.258 e. The van der Waals surface area contributed by atoms with Gasteiger partial charge in [-0.05, 0) is 34.5 Å². The summed E-state index contributed by atoms with van der Waals surface area (Å²) in [4.78, 5) is 14.4. The number of benzene rings is 1. The lowest BCUT2D eigenvalue weighted by molar-refractivity contribution is -0.123. The number of halogens is 1. The van der Waals surface area contributed by atoms with Crippen molar-refractivity contribution in [1.82, 2.24) is 10.2 Å². The molecular formula is C18H21FN2O3S. The topological polar surface area (TPSA) is 50.8 Å². The Hall–Kier alpha value is -1.96. The molecule has 0 unspecified atom stereocenters. The lowest BCUT2D eigenvalue weighted by Gasteiger charge is -2.34. The maximum absolute atomic E-state index is 13.5. The average Bonchev–Trinajstić information content (AvgIpc) is 3.16. The summed E-state index contributed by atoms with van der Waals surface area (Å²) < 4.78 is 24.2. The molecule has 7 heteroatoms. The molecule has 0 aliphatic carbocycles. The summed E-state index contributed by atoms with van der Waals surface area (Å²) in [6.45, 7) is 3.34. The number of para-hydroxylation sites is 1. The third-order valence-corrected chi connectivity index (χ3v) is 4.80. The van der Waals surface area contributed by atoms with Crippen molar-refractivity contribution in [3.8, 4) is 5.75 Å². The van der Waals surface area contributed by atoms with Gasteiger partial charge in [-0.3, -0.25) is 9.69 Å². The molecule has 2 aromatic rings. The Morgan fingerprint density at radius 2 is 2.12 bits per heavy atom. The second kappa shape index (κ2) is 8.94. The van der Waals surface area contributed by atoms with E-state index in [1.807, 2.05) is 5.38 Å². The maximum atomic E-state index is 13.5. The zero-order chi connectivity index (χ0) is 17.5. The van der Waals surface area contributed by atoms with Crippen LogP contribution in [0.25, 0.3) is 0 Å². The molecule has 25 heavy (non-hydrogen) atoms. The van der Waals surface area contributed by atoms with E-state index in [2.05, 4.69) is 21.7 Å². The normalized spacial score (nSPS) is 16.4. The number of rotatable bonds is 7. The van der Waals surface area contributed by atoms with Crippen LogP contribution in [0, 0.1) is 5.82 Å². The van der Waals surface area contributed by atoms with Crippen molar-refractivity contribution in [3.05, 3.63) is 52.5 Å². The minimum absolute atomic E-state index is 0.0835. The molecule has 1 aliphatic rings. The highest BCUT2D eigenvalue weighted by atomic mass is 32.1. The molecule has 134 valence electrons. The minimum Gasteiger partial charge on any atom is -0.481 e. The molecule has 1 saturated heterocycles. The second-order valence-corrected chi connectivity index (χ2v) is 6.52. The molecule has 3 rings (SSSR count). The number of carbonyl (C=O) groups is 1. The number of morpholine rings is 1. The van der Waals surface area contributed by atoms with Crippen LogP contribution < -0.4 is 10.1 Å². The fourth-order valence-corrected chi connectivity index (χ4v) is 3.49. The van der Waals surface area contributed by atoms with Gasteiger partial charge in [0.05, 0.1) is 19.3 Å². The molecule has 5 nitrogen and oxygen atoms in total. The fourth-order valence-electron chi connectivity index (χ4n) is 2.78. The van der Waals surface area contributed by atoms with Crippen molar-refractivity contribution >= 4 is 17.2 Å². The van der Waals surface area contributed by atoms with Gasteiger partial charge in [0.15, 0.2) is 18.2 Å². The highest BCUT2D eigenvalue weighted by Gasteiger charge is 2.23. The van der Waals surface area contributed by atoms with Gasteiger partial charge in [-0.15, -0.1) is 0 Å². The summed E-state index contributed by atoms with van der Waals surface area (Å²) in [7, 11) is 0. The Morgan fingerprint density at radius 3 is 2.84 bits per heavy atom. The first-order chi connectivity index (χ1) is 12.2. The van der Waals surface area contributed by atoms with E-state index >= 15 is 0 Å². The number of thiophene rings is 1. The molecule has 0 radical (unpaired) electrons. The molecular weight excluding hydrogens is 343 g/mol. The van der Waals surface area contributed by atoms with Crippen LogP contribution in [-0.2, 0) is 9.53 Å². The molecule has 1 aromatic heterocycles. The largest absolute Gasteiger partial charge is 0.481 e. The Labute approximate surface area is 150 Å². The highest BCUT2D eigenvalue weighted by Crippen LogP contribution is 2.23. The molecule has 0 bridgehead atoms. The van der Waals surface area contributed by atoms with Crippen LogP contribution in [0.4, 0.5) is 4.39 Å². The van der Waals surface area contributed by atoms with Crippen LogP contribution in [0.1, 0.15) is 11.6 Å². The van der Waals surface area contributed by atoms with E-state index in [1.54, 1.807) is 23.5 Å². The Balaban J connectivity index is 1.53. The van der Waals surface area contributed by atoms with Gasteiger partial charge in [0.1, 0.15) is 0 Å². The molecule has 1 N–H and O–H groups in total. The van der Waals surface area contributed by atoms with Crippen molar-refractivity contribution in [2.75, 3.05) is 39.5 Å². The van der Waals surface area contributed by atoms with Crippen LogP contribution in [0.5, 0.6) is 5.75 Å². The predicted octanol–water partition coefficient (Wildman–Crippen LogP) is 2.46. The van der Waals surface area contributed by atoms with E-state index in [1.165, 1.54) is 17.7 Å². The highest BCUT2D eigenvalue weighted by molar-refractivity contribution is 7.07. The molecule has 1 amide bonds. The van der Waals surface area contributed by atoms with Gasteiger partial charge < -0.3 is 14.8 Å². The van der Waals surface area contributed by atoms with E-state index in [4.69, 9.17) is 9.47 Å². The van der Waals surface area contributed by atoms with Gasteiger partial charge in [-0.1, -0.05) is 12.1 Å². The molecule has 0 saturated carbocycles. The van der Waals surface area contributed by atoms with E-state index < -0.39 is 5.82 Å². The molecule has 1 fully saturated rings. The lowest BCUT2D eigenvalue weighted by atomic mass is 10.1. The number of amides is 1. The maximum Gasteiger partial charge on any atom is 0.258 e. The summed E-state index contributed by atoms with van der Waals surface area (Å²) in [6, 6.07) is 8.24. The number of hydrogen-bond donors (Lipinski definition) is 1. The van der Waals surface area contributed by atoms with Crippen molar-refractivity contribution in [3.63, 3.8) is 0 Å². The first-order valence-electron chi connectivity index (χ1n) is 8.22. The van der Waals surface area contributed by atoms with Crippen LogP contribution in [-0.4, -0.2) is 50.3 Å². The lowest BCUT2D eigenvalue weighted by Crippen LogP contribution is -2.44. The van der Waals surface area contributed by atoms with Crippen LogP contribution >= 0.6 is 11.3 Å². The SMILES string of the molecule is O=C(COc1ccccc1F)NC[C@H](c1ccsc1)N1CCOCC1. The van der Waals surface area contributed by atoms with Crippen molar-refractivity contribution < 1.29 is 18.7 Å². The first kappa shape index (κ1) is 17.8. The zero-order valence-electron chi connectivity index (χ0n) is 13.8. The molecule has 1 aliphatic heterocycles. The summed E-state index contributed by atoms with van der Waals surface area (Å²) in [5.74, 6) is -0.656. The summed E-state index contributed by atoms with van der Waals surface area (Å²) in [5, 5.41) is 7.03. The first-order valence-corrected chi connectivity index (χ1v) is 9.16. The van der Waals surface area contributed by atoms with Crippen LogP contribution in [0.2, 0.25) is 0 Å². The van der Waals surface area contributed by atoms with Crippen LogP contribution in [0.3, 0.4) is 0 Å². The van der Waals surface area contributed by atoms with E-state index in [0.29, 0.717) is 19.8 Å². The fraction of sp³-hybridized carbons (Fsp3) is 0.389. The zero-order valence-corrected chi connectivity index (χ0v) is 14.6. The Kier molecular flexibility index (Phi) is 6.38. The number of nitrogens with one attached hydrogen (secondary N) is 1. The number of nitrogens with zero attached hydrogens (tertiary/aromatic N) is 1. The standard InChI is InChI=1S/C18H21FN2O3S/c19-15-3-1-2-4-17(15)24-12-18(22)20-11-16(14-5-10-25-13-14)21-6-8-23-9-7-21/h1-5,10,13,16H,6-9,11-12H2,(H,20,22)/t16-/m1/s1. The van der Waals surface area contributed by atoms with Crippen molar-refractivity contribution in [2.24, 2.45) is 0 Å². The van der Waals surface area contributed by atoms with Gasteiger partial charge in [0, 0.05) is 19.6 Å². The van der Waals surface area contributed by atoms with Gasteiger partial charge in [0.2, 0.25) is 0 Å². The summed E-state index contributed by atoms with van der Waals surface area (Å²) >= 11 is 1.64. The Morgan fingerprint density at radius 1 is 1.32 bits per heavy atom. The monoisotopic (exact) mass is 364 g/mol. The van der Waals surface area contributed by atoms with Gasteiger partial charge in [0.25, 0.3) is 5.91 Å². The number of ether oxygens (including phenoxy) is 2. The third kappa shape index (κ3) is 5.01. The molecule has 0 spiro atoms. The van der Waals surface area contributed by atoms with Crippen LogP contribution in [0.15, 0.2) is 41.1 Å². The molecule has 2 heterocycles. The third-order valence-electron chi connectivity index (χ3n) is 4.10. The molecule has 1 atom stereocenters. The number of hydrogen-bond acceptors (Lipinski definition) is 5. The summed E-state index contributed by atoms with van der Waals surface area (Å²) in [6.07, 6.45) is 0.